The average molecular weight is 278 g/mol. The summed E-state index contributed by atoms with van der Waals surface area (Å²) < 4.78 is 5.60. The lowest BCUT2D eigenvalue weighted by atomic mass is 10.2. The van der Waals surface area contributed by atoms with Crippen molar-refractivity contribution in [2.75, 3.05) is 25.4 Å². The standard InChI is InChI=1S/C16H26N2O2/c1-12(2)9-18(14-5-6-14)10-15(19)11-20-16-7-3-13(17)4-8-16/h3-4,7-8,12,14-15,19H,5-6,9-11,17H2,1-2H3. The van der Waals surface area contributed by atoms with Gasteiger partial charge in [-0.3, -0.25) is 4.90 Å². The maximum Gasteiger partial charge on any atom is 0.119 e. The molecule has 0 radical (unpaired) electrons. The molecular formula is C16H26N2O2. The molecule has 1 aliphatic rings. The van der Waals surface area contributed by atoms with Crippen LogP contribution in [0.1, 0.15) is 26.7 Å². The molecule has 1 unspecified atom stereocenters. The summed E-state index contributed by atoms with van der Waals surface area (Å²) in [6.45, 7) is 6.49. The third kappa shape index (κ3) is 5.02. The van der Waals surface area contributed by atoms with Gasteiger partial charge in [-0.1, -0.05) is 13.8 Å². The minimum absolute atomic E-state index is 0.325. The second-order valence-corrected chi connectivity index (χ2v) is 6.11. The van der Waals surface area contributed by atoms with Gasteiger partial charge in [0.2, 0.25) is 0 Å². The van der Waals surface area contributed by atoms with Gasteiger partial charge < -0.3 is 15.6 Å². The monoisotopic (exact) mass is 278 g/mol. The van der Waals surface area contributed by atoms with Crippen LogP contribution in [0.3, 0.4) is 0 Å². The Labute approximate surface area is 121 Å². The van der Waals surface area contributed by atoms with E-state index in [9.17, 15) is 5.11 Å². The van der Waals surface area contributed by atoms with Crippen molar-refractivity contribution < 1.29 is 9.84 Å². The molecule has 1 fully saturated rings. The van der Waals surface area contributed by atoms with E-state index in [4.69, 9.17) is 10.5 Å². The van der Waals surface area contributed by atoms with Crippen LogP contribution in [0.15, 0.2) is 24.3 Å². The Kier molecular flexibility index (Phi) is 5.26. The van der Waals surface area contributed by atoms with Gasteiger partial charge in [-0.05, 0) is 43.0 Å². The lowest BCUT2D eigenvalue weighted by Crippen LogP contribution is -2.39. The number of rotatable bonds is 8. The molecule has 4 heteroatoms. The van der Waals surface area contributed by atoms with E-state index in [0.717, 1.165) is 18.0 Å². The first-order valence-corrected chi connectivity index (χ1v) is 7.45. The maximum atomic E-state index is 10.1. The van der Waals surface area contributed by atoms with Crippen molar-refractivity contribution in [1.82, 2.24) is 4.90 Å². The van der Waals surface area contributed by atoms with E-state index in [1.165, 1.54) is 12.8 Å². The van der Waals surface area contributed by atoms with Gasteiger partial charge in [-0.15, -0.1) is 0 Å². The zero-order valence-corrected chi connectivity index (χ0v) is 12.5. The van der Waals surface area contributed by atoms with E-state index in [0.29, 0.717) is 25.1 Å². The fourth-order valence-corrected chi connectivity index (χ4v) is 2.36. The third-order valence-electron chi connectivity index (χ3n) is 3.43. The molecule has 0 amide bonds. The maximum absolute atomic E-state index is 10.1. The first-order chi connectivity index (χ1) is 9.54. The Balaban J connectivity index is 1.75. The molecule has 0 heterocycles. The number of nitrogens with two attached hydrogens (primary N) is 1. The van der Waals surface area contributed by atoms with Gasteiger partial charge >= 0.3 is 0 Å². The van der Waals surface area contributed by atoms with Crippen molar-refractivity contribution in [1.29, 1.82) is 0 Å². The summed E-state index contributed by atoms with van der Waals surface area (Å²) in [6, 6.07) is 7.93. The zero-order chi connectivity index (χ0) is 14.5. The predicted octanol–water partition coefficient (Wildman–Crippen LogP) is 2.13. The van der Waals surface area contributed by atoms with Gasteiger partial charge in [-0.25, -0.2) is 0 Å². The normalized spacial score (nSPS) is 16.6. The van der Waals surface area contributed by atoms with Gasteiger partial charge in [0.25, 0.3) is 0 Å². The van der Waals surface area contributed by atoms with Crippen LogP contribution in [-0.4, -0.2) is 41.8 Å². The molecule has 112 valence electrons. The largest absolute Gasteiger partial charge is 0.491 e. The molecule has 4 nitrogen and oxygen atoms in total. The van der Waals surface area contributed by atoms with E-state index in [1.54, 1.807) is 12.1 Å². The van der Waals surface area contributed by atoms with Gasteiger partial charge in [0.15, 0.2) is 0 Å². The molecule has 0 aromatic heterocycles. The van der Waals surface area contributed by atoms with Crippen LogP contribution in [0.25, 0.3) is 0 Å². The summed E-state index contributed by atoms with van der Waals surface area (Å²) in [4.78, 5) is 2.39. The highest BCUT2D eigenvalue weighted by molar-refractivity contribution is 5.41. The van der Waals surface area contributed by atoms with Crippen molar-refractivity contribution in [3.8, 4) is 5.75 Å². The van der Waals surface area contributed by atoms with Crippen LogP contribution >= 0.6 is 0 Å². The van der Waals surface area contributed by atoms with Crippen LogP contribution in [0.4, 0.5) is 5.69 Å². The van der Waals surface area contributed by atoms with Crippen LogP contribution in [0, 0.1) is 5.92 Å². The van der Waals surface area contributed by atoms with Gasteiger partial charge in [0.05, 0.1) is 0 Å². The fraction of sp³-hybridized carbons (Fsp3) is 0.625. The summed E-state index contributed by atoms with van der Waals surface area (Å²) in [7, 11) is 0. The van der Waals surface area contributed by atoms with Gasteiger partial charge in [0.1, 0.15) is 18.5 Å². The fourth-order valence-electron chi connectivity index (χ4n) is 2.36. The molecule has 2 rings (SSSR count). The zero-order valence-electron chi connectivity index (χ0n) is 12.5. The Hall–Kier alpha value is -1.26. The minimum Gasteiger partial charge on any atom is -0.491 e. The van der Waals surface area contributed by atoms with Crippen molar-refractivity contribution in [3.63, 3.8) is 0 Å². The third-order valence-corrected chi connectivity index (χ3v) is 3.43. The summed E-state index contributed by atoms with van der Waals surface area (Å²) in [5, 5.41) is 10.1. The number of benzene rings is 1. The lowest BCUT2D eigenvalue weighted by molar-refractivity contribution is 0.0613. The van der Waals surface area contributed by atoms with Gasteiger partial charge in [-0.2, -0.15) is 0 Å². The first kappa shape index (κ1) is 15.1. The Morgan fingerprint density at radius 2 is 1.90 bits per heavy atom. The number of aliphatic hydroxyl groups is 1. The Morgan fingerprint density at radius 3 is 2.45 bits per heavy atom. The number of aliphatic hydroxyl groups excluding tert-OH is 1. The highest BCUT2D eigenvalue weighted by Crippen LogP contribution is 2.27. The van der Waals surface area contributed by atoms with Crippen LogP contribution < -0.4 is 10.5 Å². The smallest absolute Gasteiger partial charge is 0.119 e. The van der Waals surface area contributed by atoms with Crippen LogP contribution in [0.5, 0.6) is 5.75 Å². The molecule has 0 spiro atoms. The highest BCUT2D eigenvalue weighted by Gasteiger charge is 2.30. The van der Waals surface area contributed by atoms with Crippen molar-refractivity contribution >= 4 is 5.69 Å². The summed E-state index contributed by atoms with van der Waals surface area (Å²) >= 11 is 0. The van der Waals surface area contributed by atoms with Gasteiger partial charge in [0, 0.05) is 24.8 Å². The Morgan fingerprint density at radius 1 is 1.25 bits per heavy atom. The number of nitrogen functional groups attached to an aromatic ring is 1. The van der Waals surface area contributed by atoms with E-state index in [1.807, 2.05) is 12.1 Å². The molecule has 1 aliphatic carbocycles. The van der Waals surface area contributed by atoms with E-state index in [2.05, 4.69) is 18.7 Å². The summed E-state index contributed by atoms with van der Waals surface area (Å²) in [5.74, 6) is 1.38. The first-order valence-electron chi connectivity index (χ1n) is 7.45. The van der Waals surface area contributed by atoms with E-state index < -0.39 is 6.10 Å². The molecule has 1 saturated carbocycles. The number of hydrogen-bond donors (Lipinski definition) is 2. The van der Waals surface area contributed by atoms with E-state index in [-0.39, 0.29) is 0 Å². The molecule has 0 saturated heterocycles. The Bertz CT molecular complexity index is 401. The molecule has 20 heavy (non-hydrogen) atoms. The van der Waals surface area contributed by atoms with Crippen molar-refractivity contribution in [2.24, 2.45) is 5.92 Å². The predicted molar refractivity (Wildman–Crippen MR) is 81.8 cm³/mol. The topological polar surface area (TPSA) is 58.7 Å². The van der Waals surface area contributed by atoms with Crippen molar-refractivity contribution in [2.45, 2.75) is 38.8 Å². The van der Waals surface area contributed by atoms with Crippen LogP contribution in [0.2, 0.25) is 0 Å². The molecular weight excluding hydrogens is 252 g/mol. The minimum atomic E-state index is -0.452. The van der Waals surface area contributed by atoms with E-state index >= 15 is 0 Å². The summed E-state index contributed by atoms with van der Waals surface area (Å²) in [5.41, 5.74) is 6.34. The quantitative estimate of drug-likeness (QED) is 0.715. The second-order valence-electron chi connectivity index (χ2n) is 6.11. The molecule has 3 N–H and O–H groups in total. The number of nitrogens with zero attached hydrogens (tertiary/aromatic N) is 1. The van der Waals surface area contributed by atoms with Crippen LogP contribution in [-0.2, 0) is 0 Å². The molecule has 0 bridgehead atoms. The average Bonchev–Trinajstić information content (AvgIpc) is 3.21. The molecule has 0 aliphatic heterocycles. The lowest BCUT2D eigenvalue weighted by Gasteiger charge is -2.26. The number of ether oxygens (including phenoxy) is 1. The van der Waals surface area contributed by atoms with Crippen molar-refractivity contribution in [3.05, 3.63) is 24.3 Å². The second kappa shape index (κ2) is 6.95. The molecule has 1 aromatic rings. The highest BCUT2D eigenvalue weighted by atomic mass is 16.5. The number of hydrogen-bond acceptors (Lipinski definition) is 4. The summed E-state index contributed by atoms with van der Waals surface area (Å²) in [6.07, 6.45) is 2.07. The molecule has 1 atom stereocenters. The molecule has 1 aromatic carbocycles. The SMILES string of the molecule is CC(C)CN(CC(O)COc1ccc(N)cc1)C1CC1. The number of anilines is 1.